The van der Waals surface area contributed by atoms with E-state index in [1.54, 1.807) is 31.4 Å². The van der Waals surface area contributed by atoms with E-state index in [1.807, 2.05) is 30.9 Å². The van der Waals surface area contributed by atoms with Crippen molar-refractivity contribution in [2.24, 2.45) is 10.9 Å². The summed E-state index contributed by atoms with van der Waals surface area (Å²) in [5.41, 5.74) is 1.79. The first kappa shape index (κ1) is 25.2. The number of rotatable bonds is 8. The maximum absolute atomic E-state index is 13.5. The van der Waals surface area contributed by atoms with Crippen LogP contribution in [0.25, 0.3) is 0 Å². The number of methoxy groups -OCH3 is 1. The molecule has 0 aliphatic carbocycles. The van der Waals surface area contributed by atoms with Crippen molar-refractivity contribution in [1.82, 2.24) is 14.5 Å². The summed E-state index contributed by atoms with van der Waals surface area (Å²) < 4.78 is 32.7. The van der Waals surface area contributed by atoms with Gasteiger partial charge in [0.25, 0.3) is 10.0 Å². The van der Waals surface area contributed by atoms with Gasteiger partial charge in [-0.1, -0.05) is 44.5 Å². The minimum atomic E-state index is -3.64. The number of benzene rings is 2. The Labute approximate surface area is 208 Å². The maximum atomic E-state index is 13.5. The number of nitrogens with zero attached hydrogens (tertiary/aromatic N) is 3. The number of amides is 1. The molecule has 1 amide bonds. The van der Waals surface area contributed by atoms with Crippen LogP contribution in [0.2, 0.25) is 0 Å². The molecule has 188 valence electrons. The fourth-order valence-electron chi connectivity index (χ4n) is 4.48. The molecule has 2 aliphatic rings. The Morgan fingerprint density at radius 1 is 1.09 bits per heavy atom. The number of sulfonamides is 1. The highest BCUT2D eigenvalue weighted by atomic mass is 32.2. The smallest absolute Gasteiger partial charge is 0.263 e. The Morgan fingerprint density at radius 3 is 2.43 bits per heavy atom. The topological polar surface area (TPSA) is 91.3 Å². The number of amidine groups is 1. The molecule has 2 heterocycles. The second-order valence-corrected chi connectivity index (χ2v) is 10.8. The van der Waals surface area contributed by atoms with E-state index < -0.39 is 16.1 Å². The van der Waals surface area contributed by atoms with Crippen LogP contribution in [0.1, 0.15) is 31.4 Å². The summed E-state index contributed by atoms with van der Waals surface area (Å²) in [5.74, 6) is 1.07. The van der Waals surface area contributed by atoms with Crippen LogP contribution in [-0.4, -0.2) is 75.8 Å². The van der Waals surface area contributed by atoms with Crippen molar-refractivity contribution in [2.75, 3.05) is 39.8 Å². The van der Waals surface area contributed by atoms with Gasteiger partial charge in [0.05, 0.1) is 12.0 Å². The monoisotopic (exact) mass is 498 g/mol. The molecular weight excluding hydrogens is 464 g/mol. The number of piperazine rings is 1. The first-order valence-electron chi connectivity index (χ1n) is 12.2. The molecule has 4 rings (SSSR count). The number of aliphatic imine (C=N–C) groups is 1. The molecule has 1 fully saturated rings. The minimum absolute atomic E-state index is 0.0135. The van der Waals surface area contributed by atoms with E-state index >= 15 is 0 Å². The van der Waals surface area contributed by atoms with Gasteiger partial charge in [0, 0.05) is 38.3 Å². The Kier molecular flexibility index (Phi) is 7.76. The lowest BCUT2D eigenvalue weighted by molar-refractivity contribution is -0.135. The van der Waals surface area contributed by atoms with Gasteiger partial charge in [-0.2, -0.15) is 0 Å². The first-order valence-corrected chi connectivity index (χ1v) is 13.6. The molecule has 0 aromatic heterocycles. The molecule has 2 atom stereocenters. The van der Waals surface area contributed by atoms with Gasteiger partial charge in [0.1, 0.15) is 17.6 Å². The molecule has 35 heavy (non-hydrogen) atoms. The van der Waals surface area contributed by atoms with Crippen LogP contribution in [0.4, 0.5) is 0 Å². The van der Waals surface area contributed by atoms with Gasteiger partial charge in [0.2, 0.25) is 5.91 Å². The molecule has 0 spiro atoms. The van der Waals surface area contributed by atoms with Gasteiger partial charge >= 0.3 is 0 Å². The van der Waals surface area contributed by atoms with Gasteiger partial charge in [-0.25, -0.2) is 8.42 Å². The SMILES string of the molecule is CC[C@H](C)[C@H](N=C1NS(=O)(=O)c2ccccc21)C(=O)N1CCN(CCc2ccc(OC)cc2)CC1. The van der Waals surface area contributed by atoms with Gasteiger partial charge in [0.15, 0.2) is 0 Å². The van der Waals surface area contributed by atoms with Crippen LogP contribution in [0.5, 0.6) is 5.75 Å². The van der Waals surface area contributed by atoms with E-state index in [9.17, 15) is 13.2 Å². The van der Waals surface area contributed by atoms with Crippen molar-refractivity contribution < 1.29 is 17.9 Å². The third-order valence-corrected chi connectivity index (χ3v) is 8.32. The Balaban J connectivity index is 1.40. The van der Waals surface area contributed by atoms with Crippen molar-refractivity contribution in [3.8, 4) is 5.75 Å². The van der Waals surface area contributed by atoms with E-state index in [0.717, 1.165) is 38.2 Å². The lowest BCUT2D eigenvalue weighted by Gasteiger charge is -2.36. The average Bonchev–Trinajstić information content (AvgIpc) is 3.15. The molecule has 0 radical (unpaired) electrons. The van der Waals surface area contributed by atoms with Crippen molar-refractivity contribution in [3.63, 3.8) is 0 Å². The molecule has 1 saturated heterocycles. The van der Waals surface area contributed by atoms with E-state index in [1.165, 1.54) is 5.56 Å². The molecule has 2 aromatic rings. The molecule has 0 bridgehead atoms. The number of nitrogens with one attached hydrogen (secondary N) is 1. The third-order valence-electron chi connectivity index (χ3n) is 6.93. The fourth-order valence-corrected chi connectivity index (χ4v) is 5.72. The predicted octanol–water partition coefficient (Wildman–Crippen LogP) is 2.54. The van der Waals surface area contributed by atoms with E-state index in [2.05, 4.69) is 26.7 Å². The highest BCUT2D eigenvalue weighted by molar-refractivity contribution is 7.90. The standard InChI is InChI=1S/C26H34N4O4S/c1-4-19(2)24(27-25-22-7-5-6-8-23(22)35(32,33)28-25)26(31)30-17-15-29(16-18-30)14-13-20-9-11-21(34-3)12-10-20/h5-12,19,24H,4,13-18H2,1-3H3,(H,27,28)/t19-,24-/m0/s1. The lowest BCUT2D eigenvalue weighted by atomic mass is 9.97. The molecule has 8 nitrogen and oxygen atoms in total. The maximum Gasteiger partial charge on any atom is 0.263 e. The average molecular weight is 499 g/mol. The number of fused-ring (bicyclic) bond motifs is 1. The van der Waals surface area contributed by atoms with Crippen molar-refractivity contribution in [2.45, 2.75) is 37.6 Å². The van der Waals surface area contributed by atoms with Crippen molar-refractivity contribution in [1.29, 1.82) is 0 Å². The summed E-state index contributed by atoms with van der Waals surface area (Å²) in [4.78, 5) is 22.7. The zero-order valence-electron chi connectivity index (χ0n) is 20.6. The number of hydrogen-bond donors (Lipinski definition) is 1. The summed E-state index contributed by atoms with van der Waals surface area (Å²) in [7, 11) is -1.98. The quantitative estimate of drug-likeness (QED) is 0.604. The molecule has 2 aliphatic heterocycles. The van der Waals surface area contributed by atoms with Crippen molar-refractivity contribution >= 4 is 21.8 Å². The van der Waals surface area contributed by atoms with Crippen LogP contribution in [0.15, 0.2) is 58.4 Å². The Hall–Kier alpha value is -2.91. The summed E-state index contributed by atoms with van der Waals surface area (Å²) in [6.07, 6.45) is 1.71. The van der Waals surface area contributed by atoms with Gasteiger partial charge in [-0.15, -0.1) is 0 Å². The molecule has 0 unspecified atom stereocenters. The predicted molar refractivity (Wildman–Crippen MR) is 136 cm³/mol. The van der Waals surface area contributed by atoms with Crippen molar-refractivity contribution in [3.05, 3.63) is 59.7 Å². The van der Waals surface area contributed by atoms with E-state index in [0.29, 0.717) is 18.7 Å². The molecule has 9 heteroatoms. The van der Waals surface area contributed by atoms with Crippen LogP contribution in [0.3, 0.4) is 0 Å². The van der Waals surface area contributed by atoms with Crippen LogP contribution >= 0.6 is 0 Å². The van der Waals surface area contributed by atoms with Crippen LogP contribution in [0, 0.1) is 5.92 Å². The zero-order chi connectivity index (χ0) is 25.0. The first-order chi connectivity index (χ1) is 16.8. The molecule has 1 N–H and O–H groups in total. The number of carbonyl (C=O) groups excluding carboxylic acids is 1. The van der Waals surface area contributed by atoms with Crippen LogP contribution in [-0.2, 0) is 21.2 Å². The minimum Gasteiger partial charge on any atom is -0.497 e. The van der Waals surface area contributed by atoms with Gasteiger partial charge in [-0.05, 0) is 42.2 Å². The van der Waals surface area contributed by atoms with Gasteiger partial charge in [-0.3, -0.25) is 19.4 Å². The van der Waals surface area contributed by atoms with Crippen LogP contribution < -0.4 is 9.46 Å². The molecular formula is C26H34N4O4S. The normalized spacial score (nSPS) is 20.2. The zero-order valence-corrected chi connectivity index (χ0v) is 21.4. The third kappa shape index (κ3) is 5.67. The van der Waals surface area contributed by atoms with E-state index in [-0.39, 0.29) is 22.6 Å². The molecule has 2 aromatic carbocycles. The Bertz CT molecular complexity index is 1170. The van der Waals surface area contributed by atoms with Gasteiger partial charge < -0.3 is 9.64 Å². The fraction of sp³-hybridized carbons (Fsp3) is 0.462. The Morgan fingerprint density at radius 2 is 1.77 bits per heavy atom. The number of ether oxygens (including phenoxy) is 1. The summed E-state index contributed by atoms with van der Waals surface area (Å²) in [6, 6.07) is 14.3. The summed E-state index contributed by atoms with van der Waals surface area (Å²) in [5, 5.41) is 0. The second-order valence-electron chi connectivity index (χ2n) is 9.17. The number of carbonyl (C=O) groups is 1. The summed E-state index contributed by atoms with van der Waals surface area (Å²) in [6.45, 7) is 7.84. The molecule has 0 saturated carbocycles. The number of hydrogen-bond acceptors (Lipinski definition) is 6. The largest absolute Gasteiger partial charge is 0.497 e. The lowest BCUT2D eigenvalue weighted by Crippen LogP contribution is -2.52. The summed E-state index contributed by atoms with van der Waals surface area (Å²) >= 11 is 0. The van der Waals surface area contributed by atoms with E-state index in [4.69, 9.17) is 4.74 Å². The second kappa shape index (κ2) is 10.8. The highest BCUT2D eigenvalue weighted by Crippen LogP contribution is 2.25. The highest BCUT2D eigenvalue weighted by Gasteiger charge is 2.35.